The van der Waals surface area contributed by atoms with Gasteiger partial charge in [-0.15, -0.1) is 0 Å². The van der Waals surface area contributed by atoms with E-state index in [1.54, 1.807) is 0 Å². The van der Waals surface area contributed by atoms with Crippen molar-refractivity contribution in [1.82, 2.24) is 10.2 Å². The minimum Gasteiger partial charge on any atom is -0.304 e. The van der Waals surface area contributed by atoms with E-state index in [-0.39, 0.29) is 0 Å². The second kappa shape index (κ2) is 9.30. The third kappa shape index (κ3) is 6.74. The van der Waals surface area contributed by atoms with Gasteiger partial charge in [0.05, 0.1) is 0 Å². The van der Waals surface area contributed by atoms with Crippen LogP contribution in [0.15, 0.2) is 0 Å². The van der Waals surface area contributed by atoms with E-state index in [4.69, 9.17) is 0 Å². The topological polar surface area (TPSA) is 15.3 Å². The first kappa shape index (κ1) is 15.4. The standard InChI is InChI=1S/C14H31N2P/c1-4-6-7-9-15-12-16(5-2)13-17-10-8-14(3)11-17/h14-15H,4-13H2,1-3H3/t14-,17?/m1/s1. The zero-order valence-corrected chi connectivity index (χ0v) is 12.9. The Labute approximate surface area is 109 Å². The third-order valence-electron chi connectivity index (χ3n) is 3.65. The number of hydrogen-bond donors (Lipinski definition) is 1. The molecule has 1 aliphatic rings. The Morgan fingerprint density at radius 2 is 2.12 bits per heavy atom. The molecule has 0 radical (unpaired) electrons. The molecule has 102 valence electrons. The Hall–Kier alpha value is 0.350. The molecule has 1 saturated heterocycles. The van der Waals surface area contributed by atoms with Crippen LogP contribution in [0.1, 0.15) is 46.5 Å². The maximum absolute atomic E-state index is 3.59. The van der Waals surface area contributed by atoms with E-state index in [1.165, 1.54) is 57.4 Å². The zero-order chi connectivity index (χ0) is 12.5. The summed E-state index contributed by atoms with van der Waals surface area (Å²) in [4.78, 5) is 2.61. The van der Waals surface area contributed by atoms with Gasteiger partial charge in [0.25, 0.3) is 0 Å². The average molecular weight is 258 g/mol. The summed E-state index contributed by atoms with van der Waals surface area (Å²) in [7, 11) is 0.329. The van der Waals surface area contributed by atoms with Crippen LogP contribution in [0.25, 0.3) is 0 Å². The first-order valence-electron chi connectivity index (χ1n) is 7.41. The van der Waals surface area contributed by atoms with E-state index < -0.39 is 0 Å². The molecule has 2 atom stereocenters. The Morgan fingerprint density at radius 3 is 2.71 bits per heavy atom. The van der Waals surface area contributed by atoms with Crippen molar-refractivity contribution in [2.45, 2.75) is 46.5 Å². The SMILES string of the molecule is CCCCCNCN(CC)CP1CC[C@@H](C)C1. The van der Waals surface area contributed by atoms with Gasteiger partial charge in [0.15, 0.2) is 0 Å². The molecular formula is C14H31N2P. The fourth-order valence-electron chi connectivity index (χ4n) is 2.44. The monoisotopic (exact) mass is 258 g/mol. The van der Waals surface area contributed by atoms with Gasteiger partial charge >= 0.3 is 0 Å². The van der Waals surface area contributed by atoms with Gasteiger partial charge < -0.3 is 5.32 Å². The van der Waals surface area contributed by atoms with Crippen LogP contribution in [0.5, 0.6) is 0 Å². The molecule has 17 heavy (non-hydrogen) atoms. The molecular weight excluding hydrogens is 227 g/mol. The van der Waals surface area contributed by atoms with Crippen LogP contribution in [0.2, 0.25) is 0 Å². The minimum atomic E-state index is 0.329. The number of unbranched alkanes of at least 4 members (excludes halogenated alkanes) is 2. The Morgan fingerprint density at radius 1 is 1.29 bits per heavy atom. The van der Waals surface area contributed by atoms with Gasteiger partial charge in [-0.3, -0.25) is 4.90 Å². The fraction of sp³-hybridized carbons (Fsp3) is 1.00. The minimum absolute atomic E-state index is 0.329. The Kier molecular flexibility index (Phi) is 8.43. The highest BCUT2D eigenvalue weighted by molar-refractivity contribution is 7.57. The smallest absolute Gasteiger partial charge is 0.0483 e. The van der Waals surface area contributed by atoms with E-state index in [0.717, 1.165) is 12.6 Å². The van der Waals surface area contributed by atoms with Gasteiger partial charge in [-0.25, -0.2) is 0 Å². The quantitative estimate of drug-likeness (QED) is 0.387. The highest BCUT2D eigenvalue weighted by Gasteiger charge is 2.22. The van der Waals surface area contributed by atoms with Gasteiger partial charge in [-0.1, -0.05) is 41.5 Å². The molecule has 2 nitrogen and oxygen atoms in total. The van der Waals surface area contributed by atoms with Crippen molar-refractivity contribution in [3.63, 3.8) is 0 Å². The predicted octanol–water partition coefficient (Wildman–Crippen LogP) is 3.52. The van der Waals surface area contributed by atoms with Gasteiger partial charge in [0, 0.05) is 13.0 Å². The second-order valence-corrected chi connectivity index (χ2v) is 7.90. The summed E-state index contributed by atoms with van der Waals surface area (Å²) >= 11 is 0. The Bertz CT molecular complexity index is 187. The molecule has 1 aliphatic heterocycles. The summed E-state index contributed by atoms with van der Waals surface area (Å²) in [5, 5.41) is 3.59. The predicted molar refractivity (Wildman–Crippen MR) is 80.1 cm³/mol. The number of rotatable bonds is 9. The summed E-state index contributed by atoms with van der Waals surface area (Å²) in [5.41, 5.74) is 0. The Balaban J connectivity index is 2.07. The molecule has 0 aromatic rings. The van der Waals surface area contributed by atoms with Crippen LogP contribution in [0.3, 0.4) is 0 Å². The highest BCUT2D eigenvalue weighted by Crippen LogP contribution is 2.46. The van der Waals surface area contributed by atoms with Crippen LogP contribution in [0.4, 0.5) is 0 Å². The second-order valence-electron chi connectivity index (χ2n) is 5.46. The molecule has 0 aliphatic carbocycles. The summed E-state index contributed by atoms with van der Waals surface area (Å²) in [5.74, 6) is 0.998. The van der Waals surface area contributed by atoms with E-state index >= 15 is 0 Å². The summed E-state index contributed by atoms with van der Waals surface area (Å²) in [6, 6.07) is 0. The van der Waals surface area contributed by atoms with E-state index in [0.29, 0.717) is 7.92 Å². The molecule has 0 aromatic carbocycles. The fourth-order valence-corrected chi connectivity index (χ4v) is 5.61. The molecule has 0 bridgehead atoms. The first-order chi connectivity index (χ1) is 8.26. The normalized spacial score (nSPS) is 24.7. The van der Waals surface area contributed by atoms with Crippen LogP contribution in [-0.4, -0.2) is 43.3 Å². The average Bonchev–Trinajstić information content (AvgIpc) is 2.73. The van der Waals surface area contributed by atoms with E-state index in [1.807, 2.05) is 0 Å². The van der Waals surface area contributed by atoms with Crippen molar-refractivity contribution in [1.29, 1.82) is 0 Å². The van der Waals surface area contributed by atoms with Crippen molar-refractivity contribution in [2.75, 3.05) is 38.4 Å². The summed E-state index contributed by atoms with van der Waals surface area (Å²) < 4.78 is 0. The number of hydrogen-bond acceptors (Lipinski definition) is 2. The molecule has 1 unspecified atom stereocenters. The molecule has 0 spiro atoms. The summed E-state index contributed by atoms with van der Waals surface area (Å²) in [6.45, 7) is 10.5. The lowest BCUT2D eigenvalue weighted by atomic mass is 10.2. The summed E-state index contributed by atoms with van der Waals surface area (Å²) in [6.07, 6.45) is 9.90. The molecule has 0 amide bonds. The molecule has 0 saturated carbocycles. The third-order valence-corrected chi connectivity index (χ3v) is 6.48. The number of nitrogens with zero attached hydrogens (tertiary/aromatic N) is 1. The lowest BCUT2D eigenvalue weighted by Crippen LogP contribution is -2.35. The maximum Gasteiger partial charge on any atom is 0.0483 e. The molecule has 1 rings (SSSR count). The van der Waals surface area contributed by atoms with Gasteiger partial charge in [0.1, 0.15) is 0 Å². The van der Waals surface area contributed by atoms with Crippen molar-refractivity contribution in [3.05, 3.63) is 0 Å². The molecule has 1 N–H and O–H groups in total. The maximum atomic E-state index is 3.59. The zero-order valence-electron chi connectivity index (χ0n) is 12.0. The van der Waals surface area contributed by atoms with Gasteiger partial charge in [-0.2, -0.15) is 0 Å². The van der Waals surface area contributed by atoms with Crippen molar-refractivity contribution < 1.29 is 0 Å². The van der Waals surface area contributed by atoms with Crippen LogP contribution < -0.4 is 5.32 Å². The molecule has 0 aromatic heterocycles. The molecule has 3 heteroatoms. The van der Waals surface area contributed by atoms with Crippen molar-refractivity contribution in [2.24, 2.45) is 5.92 Å². The molecule has 1 fully saturated rings. The highest BCUT2D eigenvalue weighted by atomic mass is 31.1. The van der Waals surface area contributed by atoms with Crippen LogP contribution >= 0.6 is 7.92 Å². The largest absolute Gasteiger partial charge is 0.304 e. The lowest BCUT2D eigenvalue weighted by molar-refractivity contribution is 0.306. The molecule has 1 heterocycles. The van der Waals surface area contributed by atoms with Gasteiger partial charge in [0.2, 0.25) is 0 Å². The van der Waals surface area contributed by atoms with E-state index in [9.17, 15) is 0 Å². The van der Waals surface area contributed by atoms with Crippen molar-refractivity contribution in [3.8, 4) is 0 Å². The number of nitrogens with one attached hydrogen (secondary N) is 1. The van der Waals surface area contributed by atoms with Gasteiger partial charge in [-0.05, 0) is 44.2 Å². The van der Waals surface area contributed by atoms with Crippen LogP contribution in [0, 0.1) is 5.92 Å². The lowest BCUT2D eigenvalue weighted by Gasteiger charge is -2.24. The van der Waals surface area contributed by atoms with Crippen LogP contribution in [-0.2, 0) is 0 Å². The first-order valence-corrected chi connectivity index (χ1v) is 9.31. The van der Waals surface area contributed by atoms with Crippen molar-refractivity contribution >= 4 is 7.92 Å². The van der Waals surface area contributed by atoms with E-state index in [2.05, 4.69) is 31.0 Å².